The fraction of sp³-hybridized carbons (Fsp3) is 0.471. The van der Waals surface area contributed by atoms with Crippen molar-refractivity contribution in [3.63, 3.8) is 0 Å². The third-order valence-corrected chi connectivity index (χ3v) is 5.51. The Kier molecular flexibility index (Phi) is 5.74. The molecule has 1 saturated carbocycles. The van der Waals surface area contributed by atoms with Crippen molar-refractivity contribution in [2.45, 2.75) is 42.2 Å². The number of rotatable bonds is 6. The fourth-order valence-corrected chi connectivity index (χ4v) is 4.07. The molecule has 0 aliphatic heterocycles. The van der Waals surface area contributed by atoms with Crippen molar-refractivity contribution in [2.75, 3.05) is 11.9 Å². The summed E-state index contributed by atoms with van der Waals surface area (Å²) in [6, 6.07) is 7.88. The molecular weight excluding hydrogens is 322 g/mol. The second kappa shape index (κ2) is 8.19. The Morgan fingerprint density at radius 2 is 2.04 bits per heavy atom. The van der Waals surface area contributed by atoms with E-state index in [0.717, 1.165) is 16.8 Å². The molecule has 1 heterocycles. The summed E-state index contributed by atoms with van der Waals surface area (Å²) in [5.41, 5.74) is 0.807. The maximum absolute atomic E-state index is 11.9. The average Bonchev–Trinajstić information content (AvgIpc) is 3.22. The van der Waals surface area contributed by atoms with E-state index in [4.69, 9.17) is 0 Å². The first-order valence-electron chi connectivity index (χ1n) is 8.35. The molecule has 1 fully saturated rings. The Labute approximate surface area is 146 Å². The van der Waals surface area contributed by atoms with Gasteiger partial charge in [-0.15, -0.1) is 11.8 Å². The minimum absolute atomic E-state index is 0.201. The Bertz CT molecular complexity index is 664. The monoisotopic (exact) mass is 345 g/mol. The first kappa shape index (κ1) is 16.8. The van der Waals surface area contributed by atoms with Gasteiger partial charge in [-0.25, -0.2) is 9.78 Å². The first-order chi connectivity index (χ1) is 11.7. The van der Waals surface area contributed by atoms with Gasteiger partial charge in [0.15, 0.2) is 0 Å². The normalized spacial score (nSPS) is 14.7. The van der Waals surface area contributed by atoms with E-state index >= 15 is 0 Å². The lowest BCUT2D eigenvalue weighted by atomic mass is 10.3. The first-order valence-corrected chi connectivity index (χ1v) is 9.23. The van der Waals surface area contributed by atoms with Gasteiger partial charge in [0, 0.05) is 35.8 Å². The van der Waals surface area contributed by atoms with Crippen LogP contribution in [0.3, 0.4) is 0 Å². The summed E-state index contributed by atoms with van der Waals surface area (Å²) in [5, 5.41) is 10.4. The van der Waals surface area contributed by atoms with Crippen LogP contribution in [0.1, 0.15) is 31.5 Å². The molecule has 0 bridgehead atoms. The van der Waals surface area contributed by atoms with Crippen LogP contribution in [0, 0.1) is 0 Å². The number of hydrogen-bond donors (Lipinski definition) is 2. The summed E-state index contributed by atoms with van der Waals surface area (Å²) < 4.78 is 1.71. The number of hydrogen-bond acceptors (Lipinski definition) is 4. The maximum Gasteiger partial charge on any atom is 0.319 e. The molecule has 0 atom stereocenters. The summed E-state index contributed by atoms with van der Waals surface area (Å²) in [7, 11) is 1.84. The van der Waals surface area contributed by atoms with Crippen LogP contribution in [-0.4, -0.2) is 32.6 Å². The van der Waals surface area contributed by atoms with Crippen LogP contribution >= 0.6 is 11.8 Å². The number of carbonyl (C=O) groups is 1. The Morgan fingerprint density at radius 1 is 1.29 bits per heavy atom. The zero-order valence-corrected chi connectivity index (χ0v) is 14.7. The number of amides is 2. The van der Waals surface area contributed by atoms with E-state index in [0.29, 0.717) is 13.0 Å². The van der Waals surface area contributed by atoms with Crippen LogP contribution in [0.4, 0.5) is 10.5 Å². The van der Waals surface area contributed by atoms with Gasteiger partial charge in [-0.05, 0) is 37.1 Å². The van der Waals surface area contributed by atoms with Crippen molar-refractivity contribution in [2.24, 2.45) is 7.05 Å². The van der Waals surface area contributed by atoms with E-state index < -0.39 is 0 Å². The second-order valence-corrected chi connectivity index (χ2v) is 7.35. The van der Waals surface area contributed by atoms with Gasteiger partial charge in [0.2, 0.25) is 0 Å². The minimum Gasteiger partial charge on any atom is -0.337 e. The van der Waals surface area contributed by atoms with Gasteiger partial charge in [0.1, 0.15) is 12.2 Å². The van der Waals surface area contributed by atoms with E-state index in [-0.39, 0.29) is 6.03 Å². The van der Waals surface area contributed by atoms with Gasteiger partial charge in [-0.2, -0.15) is 5.10 Å². The van der Waals surface area contributed by atoms with Crippen molar-refractivity contribution in [3.8, 4) is 0 Å². The molecule has 0 spiro atoms. The Balaban J connectivity index is 1.41. The van der Waals surface area contributed by atoms with E-state index in [2.05, 4.69) is 32.8 Å². The van der Waals surface area contributed by atoms with E-state index in [1.165, 1.54) is 36.9 Å². The van der Waals surface area contributed by atoms with Gasteiger partial charge < -0.3 is 10.6 Å². The van der Waals surface area contributed by atoms with Crippen molar-refractivity contribution < 1.29 is 4.79 Å². The Hall–Kier alpha value is -2.02. The summed E-state index contributed by atoms with van der Waals surface area (Å²) in [5.74, 6) is 0.851. The lowest BCUT2D eigenvalue weighted by molar-refractivity contribution is 0.252. The highest BCUT2D eigenvalue weighted by Gasteiger charge is 2.15. The summed E-state index contributed by atoms with van der Waals surface area (Å²) >= 11 is 1.95. The zero-order chi connectivity index (χ0) is 16.8. The number of carbonyl (C=O) groups excluding carboxylic acids is 1. The topological polar surface area (TPSA) is 71.8 Å². The summed E-state index contributed by atoms with van der Waals surface area (Å²) in [4.78, 5) is 17.3. The number of aromatic nitrogens is 3. The predicted molar refractivity (Wildman–Crippen MR) is 96.3 cm³/mol. The molecule has 1 aliphatic carbocycles. The van der Waals surface area contributed by atoms with Gasteiger partial charge in [-0.3, -0.25) is 4.68 Å². The van der Waals surface area contributed by atoms with Crippen LogP contribution in [0.15, 0.2) is 35.5 Å². The van der Waals surface area contributed by atoms with Crippen molar-refractivity contribution in [3.05, 3.63) is 36.4 Å². The van der Waals surface area contributed by atoms with Crippen LogP contribution < -0.4 is 10.6 Å². The number of aryl methyl sites for hydroxylation is 1. The molecule has 0 unspecified atom stereocenters. The van der Waals surface area contributed by atoms with Crippen molar-refractivity contribution in [1.82, 2.24) is 20.1 Å². The highest BCUT2D eigenvalue weighted by molar-refractivity contribution is 8.00. The highest BCUT2D eigenvalue weighted by atomic mass is 32.2. The second-order valence-electron chi connectivity index (χ2n) is 5.98. The number of benzene rings is 1. The molecule has 2 N–H and O–H groups in total. The molecule has 7 heteroatoms. The molecular formula is C17H23N5OS. The molecule has 6 nitrogen and oxygen atoms in total. The van der Waals surface area contributed by atoms with E-state index in [1.54, 1.807) is 4.68 Å². The van der Waals surface area contributed by atoms with E-state index in [9.17, 15) is 4.79 Å². The van der Waals surface area contributed by atoms with Crippen molar-refractivity contribution >= 4 is 23.5 Å². The molecule has 0 radical (unpaired) electrons. The molecule has 1 aromatic carbocycles. The van der Waals surface area contributed by atoms with Gasteiger partial charge in [0.25, 0.3) is 0 Å². The quantitative estimate of drug-likeness (QED) is 0.843. The lowest BCUT2D eigenvalue weighted by Crippen LogP contribution is -2.30. The van der Waals surface area contributed by atoms with Crippen LogP contribution in [0.25, 0.3) is 0 Å². The number of nitrogens with zero attached hydrogens (tertiary/aromatic N) is 3. The highest BCUT2D eigenvalue weighted by Crippen LogP contribution is 2.34. The maximum atomic E-state index is 11.9. The molecule has 128 valence electrons. The van der Waals surface area contributed by atoms with Crippen LogP contribution in [0.5, 0.6) is 0 Å². The smallest absolute Gasteiger partial charge is 0.319 e. The number of nitrogens with one attached hydrogen (secondary N) is 2. The number of anilines is 1. The molecule has 3 rings (SSSR count). The standard InChI is InChI=1S/C17H23N5OS/c1-22-16(19-12-20-22)10-11-18-17(23)21-13-6-8-15(9-7-13)24-14-4-2-3-5-14/h6-9,12,14H,2-5,10-11H2,1H3,(H2,18,21,23). The number of thioether (sulfide) groups is 1. The molecule has 24 heavy (non-hydrogen) atoms. The molecule has 2 amide bonds. The van der Waals surface area contributed by atoms with Crippen LogP contribution in [0.2, 0.25) is 0 Å². The fourth-order valence-electron chi connectivity index (χ4n) is 2.83. The molecule has 0 saturated heterocycles. The molecule has 1 aliphatic rings. The van der Waals surface area contributed by atoms with Gasteiger partial charge in [0.05, 0.1) is 0 Å². The SMILES string of the molecule is Cn1ncnc1CCNC(=O)Nc1ccc(SC2CCCC2)cc1. The third kappa shape index (κ3) is 4.74. The summed E-state index contributed by atoms with van der Waals surface area (Å²) in [6.45, 7) is 0.522. The Morgan fingerprint density at radius 3 is 2.71 bits per heavy atom. The predicted octanol–water partition coefficient (Wildman–Crippen LogP) is 3.21. The van der Waals surface area contributed by atoms with Crippen LogP contribution in [-0.2, 0) is 13.5 Å². The average molecular weight is 345 g/mol. The van der Waals surface area contributed by atoms with Gasteiger partial charge in [-0.1, -0.05) is 12.8 Å². The van der Waals surface area contributed by atoms with Gasteiger partial charge >= 0.3 is 6.03 Å². The van der Waals surface area contributed by atoms with E-state index in [1.807, 2.05) is 30.9 Å². The molecule has 2 aromatic rings. The lowest BCUT2D eigenvalue weighted by Gasteiger charge is -2.10. The third-order valence-electron chi connectivity index (χ3n) is 4.16. The zero-order valence-electron chi connectivity index (χ0n) is 13.9. The molecule has 1 aromatic heterocycles. The number of urea groups is 1. The minimum atomic E-state index is -0.201. The largest absolute Gasteiger partial charge is 0.337 e. The van der Waals surface area contributed by atoms with Crippen molar-refractivity contribution in [1.29, 1.82) is 0 Å². The summed E-state index contributed by atoms with van der Waals surface area (Å²) in [6.07, 6.45) is 7.51.